The van der Waals surface area contributed by atoms with Crippen molar-refractivity contribution in [3.63, 3.8) is 0 Å². The summed E-state index contributed by atoms with van der Waals surface area (Å²) in [7, 11) is 1.35. The van der Waals surface area contributed by atoms with Crippen molar-refractivity contribution in [3.8, 4) is 28.4 Å². The first kappa shape index (κ1) is 36.5. The highest BCUT2D eigenvalue weighted by Crippen LogP contribution is 2.36. The van der Waals surface area contributed by atoms with Gasteiger partial charge < -0.3 is 29.8 Å². The predicted molar refractivity (Wildman–Crippen MR) is 193 cm³/mol. The monoisotopic (exact) mass is 705 g/mol. The highest BCUT2D eigenvalue weighted by molar-refractivity contribution is 7.98. The molecule has 2 atom stereocenters. The van der Waals surface area contributed by atoms with Crippen molar-refractivity contribution in [1.82, 2.24) is 9.88 Å². The Bertz CT molecular complexity index is 1760. The molecule has 3 aromatic carbocycles. The number of nitrogens with zero attached hydrogens (tertiary/aromatic N) is 2. The average Bonchev–Trinajstić information content (AvgIpc) is 3.49. The van der Waals surface area contributed by atoms with E-state index >= 15 is 0 Å². The molecule has 0 spiro atoms. The second kappa shape index (κ2) is 17.2. The fourth-order valence-electron chi connectivity index (χ4n) is 6.05. The first-order valence-corrected chi connectivity index (χ1v) is 17.9. The molecule has 0 bridgehead atoms. The van der Waals surface area contributed by atoms with Crippen LogP contribution in [0.25, 0.3) is 11.1 Å². The number of aromatic nitrogens is 1. The van der Waals surface area contributed by atoms with Crippen LogP contribution in [0.4, 0.5) is 0 Å². The number of methoxy groups -OCH3 is 1. The summed E-state index contributed by atoms with van der Waals surface area (Å²) in [6, 6.07) is 17.9. The number of carbonyl (C=O) groups is 1. The molecular formula is C38H44ClN3O6S. The van der Waals surface area contributed by atoms with E-state index in [9.17, 15) is 9.90 Å². The van der Waals surface area contributed by atoms with Crippen molar-refractivity contribution >= 4 is 29.3 Å². The van der Waals surface area contributed by atoms with Crippen molar-refractivity contribution in [2.45, 2.75) is 51.0 Å². The van der Waals surface area contributed by atoms with Crippen LogP contribution in [0.3, 0.4) is 0 Å². The lowest BCUT2D eigenvalue weighted by Gasteiger charge is -2.18. The first-order chi connectivity index (χ1) is 23.7. The van der Waals surface area contributed by atoms with Gasteiger partial charge in [0.2, 0.25) is 0 Å². The van der Waals surface area contributed by atoms with Gasteiger partial charge >= 0.3 is 5.97 Å². The molecule has 4 aromatic rings. The molecule has 0 radical (unpaired) electrons. The molecule has 1 aliphatic rings. The molecule has 3 N–H and O–H groups in total. The number of hydrogen-bond acceptors (Lipinski definition) is 10. The van der Waals surface area contributed by atoms with Gasteiger partial charge in [-0.2, -0.15) is 0 Å². The van der Waals surface area contributed by atoms with E-state index in [1.54, 1.807) is 24.0 Å². The van der Waals surface area contributed by atoms with E-state index in [0.29, 0.717) is 49.4 Å². The number of likely N-dealkylation sites (tertiary alicyclic amines) is 1. The molecule has 0 aliphatic carbocycles. The summed E-state index contributed by atoms with van der Waals surface area (Å²) in [6.45, 7) is 7.30. The lowest BCUT2D eigenvalue weighted by atomic mass is 9.93. The van der Waals surface area contributed by atoms with Gasteiger partial charge in [-0.15, -0.1) is 11.8 Å². The number of pyridine rings is 1. The van der Waals surface area contributed by atoms with Crippen LogP contribution in [-0.2, 0) is 29.3 Å². The van der Waals surface area contributed by atoms with Crippen molar-refractivity contribution in [1.29, 1.82) is 0 Å². The maximum absolute atomic E-state index is 11.9. The van der Waals surface area contributed by atoms with Crippen LogP contribution < -0.4 is 19.9 Å². The normalized spacial score (nSPS) is 16.1. The standard InChI is InChI=1S/C38H44ClN3O6S/c1-24-27(23-48-37-16-36(28(17-40)15-33(37)39)47-22-26-14-29(49-4)19-41-18-26)8-5-9-30(24)31-10-6-11-35(25(31)2)46-13-7-12-42-20-32(34(43)21-42)38(44)45-3/h5-6,8-11,14-16,18-19,32,34,43H,7,12-13,17,20-23,40H2,1-4H3. The summed E-state index contributed by atoms with van der Waals surface area (Å²) in [4.78, 5) is 19.3. The number of esters is 1. The Morgan fingerprint density at radius 3 is 2.47 bits per heavy atom. The number of halogens is 1. The number of nitrogens with two attached hydrogens (primary N) is 1. The summed E-state index contributed by atoms with van der Waals surface area (Å²) >= 11 is 8.26. The molecule has 1 saturated heterocycles. The van der Waals surface area contributed by atoms with E-state index in [1.807, 2.05) is 36.7 Å². The number of aliphatic hydroxyl groups is 1. The van der Waals surface area contributed by atoms with Gasteiger partial charge in [0.25, 0.3) is 0 Å². The lowest BCUT2D eigenvalue weighted by Crippen LogP contribution is -2.27. The zero-order chi connectivity index (χ0) is 34.9. The molecule has 260 valence electrons. The third-order valence-corrected chi connectivity index (χ3v) is 9.87. The van der Waals surface area contributed by atoms with Crippen molar-refractivity contribution in [3.05, 3.63) is 99.8 Å². The number of benzene rings is 3. The van der Waals surface area contributed by atoms with Gasteiger partial charge in [0, 0.05) is 60.7 Å². The van der Waals surface area contributed by atoms with Crippen LogP contribution >= 0.6 is 23.4 Å². The Morgan fingerprint density at radius 1 is 0.959 bits per heavy atom. The summed E-state index contributed by atoms with van der Waals surface area (Å²) in [6.07, 6.45) is 5.69. The summed E-state index contributed by atoms with van der Waals surface area (Å²) in [5, 5.41) is 10.7. The Balaban J connectivity index is 1.22. The molecule has 9 nitrogen and oxygen atoms in total. The highest BCUT2D eigenvalue weighted by atomic mass is 35.5. The maximum atomic E-state index is 11.9. The van der Waals surface area contributed by atoms with Gasteiger partial charge in [0.1, 0.15) is 30.5 Å². The third-order valence-electron chi connectivity index (χ3n) is 8.88. The Hall–Kier alpha value is -3.80. The molecule has 49 heavy (non-hydrogen) atoms. The first-order valence-electron chi connectivity index (χ1n) is 16.3. The second-order valence-corrected chi connectivity index (χ2v) is 13.4. The molecule has 1 fully saturated rings. The topological polar surface area (TPSA) is 116 Å². The second-order valence-electron chi connectivity index (χ2n) is 12.1. The van der Waals surface area contributed by atoms with Gasteiger partial charge in [-0.05, 0) is 72.5 Å². The molecule has 11 heteroatoms. The van der Waals surface area contributed by atoms with E-state index in [1.165, 1.54) is 7.11 Å². The van der Waals surface area contributed by atoms with Crippen LogP contribution in [0.5, 0.6) is 17.2 Å². The van der Waals surface area contributed by atoms with Gasteiger partial charge in [0.15, 0.2) is 0 Å². The van der Waals surface area contributed by atoms with Gasteiger partial charge in [-0.25, -0.2) is 0 Å². The zero-order valence-corrected chi connectivity index (χ0v) is 30.0. The highest BCUT2D eigenvalue weighted by Gasteiger charge is 2.36. The number of rotatable bonds is 15. The van der Waals surface area contributed by atoms with E-state index < -0.39 is 12.0 Å². The van der Waals surface area contributed by atoms with Crippen LogP contribution in [0.15, 0.2) is 71.9 Å². The summed E-state index contributed by atoms with van der Waals surface area (Å²) in [5.41, 5.74) is 13.1. The van der Waals surface area contributed by atoms with E-state index in [2.05, 4.69) is 48.0 Å². The van der Waals surface area contributed by atoms with Gasteiger partial charge in [0.05, 0.1) is 30.8 Å². The van der Waals surface area contributed by atoms with Crippen molar-refractivity contribution < 1.29 is 28.8 Å². The molecular weight excluding hydrogens is 662 g/mol. The summed E-state index contributed by atoms with van der Waals surface area (Å²) < 4.78 is 23.5. The van der Waals surface area contributed by atoms with E-state index in [0.717, 1.165) is 62.6 Å². The predicted octanol–water partition coefficient (Wildman–Crippen LogP) is 6.59. The van der Waals surface area contributed by atoms with Crippen LogP contribution in [0.2, 0.25) is 5.02 Å². The molecule has 1 aliphatic heterocycles. The third kappa shape index (κ3) is 9.06. The molecule has 0 saturated carbocycles. The van der Waals surface area contributed by atoms with Crippen molar-refractivity contribution in [2.24, 2.45) is 11.7 Å². The minimum Gasteiger partial charge on any atom is -0.493 e. The summed E-state index contributed by atoms with van der Waals surface area (Å²) in [5.74, 6) is 1.10. The Kier molecular flexibility index (Phi) is 12.8. The average molecular weight is 706 g/mol. The Labute approximate surface area is 297 Å². The molecule has 1 aromatic heterocycles. The maximum Gasteiger partial charge on any atom is 0.312 e. The number of ether oxygens (including phenoxy) is 4. The number of aliphatic hydroxyl groups excluding tert-OH is 1. The molecule has 5 rings (SSSR count). The minimum absolute atomic E-state index is 0.280. The number of thioether (sulfide) groups is 1. The number of hydrogen-bond donors (Lipinski definition) is 2. The molecule has 0 amide bonds. The SMILES string of the molecule is COC(=O)C1CN(CCCOc2cccc(-c3cccc(COc4cc(OCc5cncc(SC)c5)c(CN)cc4Cl)c3C)c2C)CC1O. The van der Waals surface area contributed by atoms with Crippen LogP contribution in [-0.4, -0.2) is 66.7 Å². The number of carbonyl (C=O) groups excluding carboxylic acids is 1. The van der Waals surface area contributed by atoms with Gasteiger partial charge in [-0.1, -0.05) is 41.9 Å². The van der Waals surface area contributed by atoms with E-state index in [4.69, 9.17) is 36.3 Å². The fraction of sp³-hybridized carbons (Fsp3) is 0.368. The van der Waals surface area contributed by atoms with E-state index in [-0.39, 0.29) is 12.5 Å². The zero-order valence-electron chi connectivity index (χ0n) is 28.4. The Morgan fingerprint density at radius 2 is 1.71 bits per heavy atom. The largest absolute Gasteiger partial charge is 0.493 e. The van der Waals surface area contributed by atoms with Crippen LogP contribution in [0, 0.1) is 19.8 Å². The molecule has 2 heterocycles. The quantitative estimate of drug-likeness (QED) is 0.0797. The number of β-amino-alcohol motifs (C(OH)–C–C–N with tert-alkyl or cyclic N) is 1. The smallest absolute Gasteiger partial charge is 0.312 e. The fourth-order valence-corrected chi connectivity index (χ4v) is 6.72. The van der Waals surface area contributed by atoms with Crippen molar-refractivity contribution in [2.75, 3.05) is 39.6 Å². The lowest BCUT2D eigenvalue weighted by molar-refractivity contribution is -0.147. The molecule has 2 unspecified atom stereocenters. The minimum atomic E-state index is -0.701. The van der Waals surface area contributed by atoms with Gasteiger partial charge in [-0.3, -0.25) is 14.7 Å². The van der Waals surface area contributed by atoms with Crippen LogP contribution in [0.1, 0.15) is 34.2 Å².